The second-order valence-electron chi connectivity index (χ2n) is 7.41. The number of hydrogen-bond acceptors (Lipinski definition) is 6. The number of nitrogens with zero attached hydrogens (tertiary/aromatic N) is 2. The molecule has 0 atom stereocenters. The molecule has 2 rings (SSSR count). The number of aliphatic carboxylic acids is 2. The van der Waals surface area contributed by atoms with Gasteiger partial charge in [-0.1, -0.05) is 60.7 Å². The molecule has 0 heterocycles. The number of rotatable bonds is 14. The molecule has 10 nitrogen and oxygen atoms in total. The molecule has 0 aromatic heterocycles. The zero-order valence-electron chi connectivity index (χ0n) is 18.1. The van der Waals surface area contributed by atoms with Gasteiger partial charge in [0.1, 0.15) is 13.1 Å². The van der Waals surface area contributed by atoms with Crippen molar-refractivity contribution in [3.05, 3.63) is 71.8 Å². The average Bonchev–Trinajstić information content (AvgIpc) is 2.76. The Kier molecular flexibility index (Phi) is 10.00. The fourth-order valence-electron chi connectivity index (χ4n) is 3.48. The molecular formula is C23H28N4O6. The van der Waals surface area contributed by atoms with Gasteiger partial charge in [-0.2, -0.15) is 0 Å². The maximum Gasteiger partial charge on any atom is 0.319 e. The number of primary amides is 1. The van der Waals surface area contributed by atoms with Gasteiger partial charge in [0.15, 0.2) is 0 Å². The van der Waals surface area contributed by atoms with Gasteiger partial charge in [0.25, 0.3) is 0 Å². The fourth-order valence-corrected chi connectivity index (χ4v) is 3.48. The van der Waals surface area contributed by atoms with Crippen LogP contribution in [-0.4, -0.2) is 76.7 Å². The molecule has 2 aromatic rings. The van der Waals surface area contributed by atoms with Gasteiger partial charge in [-0.3, -0.25) is 19.2 Å². The summed E-state index contributed by atoms with van der Waals surface area (Å²) >= 11 is 0. The van der Waals surface area contributed by atoms with Crippen LogP contribution in [0.15, 0.2) is 60.7 Å². The number of carboxylic acids is 2. The summed E-state index contributed by atoms with van der Waals surface area (Å²) in [6, 6.07) is 19.7. The predicted octanol–water partition coefficient (Wildman–Crippen LogP) is 0.498. The second kappa shape index (κ2) is 12.9. The lowest BCUT2D eigenvalue weighted by Gasteiger charge is -2.31. The van der Waals surface area contributed by atoms with Crippen LogP contribution in [-0.2, 0) is 19.2 Å². The molecule has 10 heteroatoms. The smallest absolute Gasteiger partial charge is 0.319 e. The van der Waals surface area contributed by atoms with Crippen molar-refractivity contribution in [1.29, 1.82) is 0 Å². The highest BCUT2D eigenvalue weighted by atomic mass is 16.4. The summed E-state index contributed by atoms with van der Waals surface area (Å²) in [6.45, 7) is -1.99. The number of hydrogen-bond donors (Lipinski definition) is 4. The van der Waals surface area contributed by atoms with Gasteiger partial charge in [-0.15, -0.1) is 0 Å². The fraction of sp³-hybridized carbons (Fsp3) is 0.304. The van der Waals surface area contributed by atoms with Crippen molar-refractivity contribution in [3.63, 3.8) is 0 Å². The molecule has 0 aliphatic rings. The number of benzene rings is 2. The maximum absolute atomic E-state index is 12.5. The third-order valence-electron chi connectivity index (χ3n) is 4.86. The summed E-state index contributed by atoms with van der Waals surface area (Å²) < 4.78 is 0. The Morgan fingerprint density at radius 3 is 1.64 bits per heavy atom. The van der Waals surface area contributed by atoms with Crippen molar-refractivity contribution >= 4 is 23.8 Å². The minimum Gasteiger partial charge on any atom is -0.480 e. The molecule has 0 saturated carbocycles. The molecule has 33 heavy (non-hydrogen) atoms. The lowest BCUT2D eigenvalue weighted by molar-refractivity contribution is -0.156. The predicted molar refractivity (Wildman–Crippen MR) is 120 cm³/mol. The molecule has 5 N–H and O–H groups in total. The number of carbonyl (C=O) groups excluding carboxylic acids is 2. The van der Waals surface area contributed by atoms with E-state index in [0.29, 0.717) is 13.0 Å². The molecular weight excluding hydrogens is 428 g/mol. The van der Waals surface area contributed by atoms with Crippen LogP contribution in [0.5, 0.6) is 0 Å². The van der Waals surface area contributed by atoms with Crippen LogP contribution in [0, 0.1) is 0 Å². The molecule has 0 unspecified atom stereocenters. The van der Waals surface area contributed by atoms with E-state index >= 15 is 0 Å². The van der Waals surface area contributed by atoms with Gasteiger partial charge in [-0.05, 0) is 17.5 Å². The number of carboxylic acid groups (broad SMARTS) is 2. The van der Waals surface area contributed by atoms with E-state index in [0.717, 1.165) is 21.1 Å². The van der Waals surface area contributed by atoms with Crippen LogP contribution in [0.4, 0.5) is 0 Å². The first-order valence-corrected chi connectivity index (χ1v) is 10.3. The summed E-state index contributed by atoms with van der Waals surface area (Å²) in [7, 11) is 0. The largest absolute Gasteiger partial charge is 0.480 e. The minimum atomic E-state index is -1.29. The Bertz CT molecular complexity index is 883. The first-order chi connectivity index (χ1) is 15.8. The van der Waals surface area contributed by atoms with Gasteiger partial charge in [-0.25, -0.2) is 10.0 Å². The Labute approximate surface area is 191 Å². The monoisotopic (exact) mass is 456 g/mol. The molecule has 0 saturated heterocycles. The summed E-state index contributed by atoms with van der Waals surface area (Å²) in [5.74, 6) is -3.88. The third kappa shape index (κ3) is 9.09. The molecule has 2 aromatic carbocycles. The lowest BCUT2D eigenvalue weighted by atomic mass is 9.88. The van der Waals surface area contributed by atoms with Gasteiger partial charge >= 0.3 is 11.9 Å². The van der Waals surface area contributed by atoms with E-state index in [1.807, 2.05) is 60.7 Å². The minimum absolute atomic E-state index is 0.0428. The average molecular weight is 456 g/mol. The molecule has 0 fully saturated rings. The summed E-state index contributed by atoms with van der Waals surface area (Å²) in [5.41, 5.74) is 7.34. The maximum atomic E-state index is 12.5. The zero-order valence-corrected chi connectivity index (χ0v) is 18.1. The van der Waals surface area contributed by atoms with Crippen molar-refractivity contribution in [1.82, 2.24) is 15.3 Å². The Morgan fingerprint density at radius 2 is 1.21 bits per heavy atom. The van der Waals surface area contributed by atoms with Crippen LogP contribution in [0.25, 0.3) is 0 Å². The van der Waals surface area contributed by atoms with Crippen molar-refractivity contribution < 1.29 is 29.4 Å². The molecule has 0 bridgehead atoms. The van der Waals surface area contributed by atoms with Crippen LogP contribution in [0.3, 0.4) is 0 Å². The summed E-state index contributed by atoms with van der Waals surface area (Å²) in [4.78, 5) is 46.2. The van der Waals surface area contributed by atoms with E-state index < -0.39 is 49.9 Å². The Morgan fingerprint density at radius 1 is 0.758 bits per heavy atom. The quantitative estimate of drug-likeness (QED) is 0.300. The Hall–Kier alpha value is -3.76. The number of nitrogens with two attached hydrogens (primary N) is 1. The van der Waals surface area contributed by atoms with Gasteiger partial charge in [0, 0.05) is 12.5 Å². The van der Waals surface area contributed by atoms with Gasteiger partial charge in [0.05, 0.1) is 13.1 Å². The normalized spacial score (nSPS) is 11.0. The van der Waals surface area contributed by atoms with Crippen LogP contribution >= 0.6 is 0 Å². The number of amides is 2. The number of hydrazine groups is 1. The highest BCUT2D eigenvalue weighted by molar-refractivity contribution is 5.80. The van der Waals surface area contributed by atoms with Crippen molar-refractivity contribution in [3.8, 4) is 0 Å². The van der Waals surface area contributed by atoms with Crippen molar-refractivity contribution in [2.75, 3.05) is 32.7 Å². The van der Waals surface area contributed by atoms with Gasteiger partial charge in [0.2, 0.25) is 11.8 Å². The molecule has 0 spiro atoms. The summed E-state index contributed by atoms with van der Waals surface area (Å²) in [5, 5.41) is 22.9. The molecule has 0 aliphatic heterocycles. The zero-order chi connectivity index (χ0) is 24.2. The summed E-state index contributed by atoms with van der Waals surface area (Å²) in [6.07, 6.45) is 0.596. The first kappa shape index (κ1) is 25.5. The van der Waals surface area contributed by atoms with E-state index in [1.54, 1.807) is 0 Å². The lowest BCUT2D eigenvalue weighted by Crippen LogP contribution is -2.54. The highest BCUT2D eigenvalue weighted by Gasteiger charge is 2.25. The first-order valence-electron chi connectivity index (χ1n) is 10.3. The van der Waals surface area contributed by atoms with Gasteiger partial charge < -0.3 is 21.3 Å². The molecule has 2 amide bonds. The Balaban J connectivity index is 2.04. The third-order valence-corrected chi connectivity index (χ3v) is 4.86. The SMILES string of the molecule is NC(=O)CN(CC(=O)O)N(CC(=O)O)CC(=O)NCCC(c1ccccc1)c1ccccc1. The van der Waals surface area contributed by atoms with E-state index in [1.165, 1.54) is 0 Å². The van der Waals surface area contributed by atoms with Crippen molar-refractivity contribution in [2.45, 2.75) is 12.3 Å². The van der Waals surface area contributed by atoms with E-state index in [9.17, 15) is 19.2 Å². The highest BCUT2D eigenvalue weighted by Crippen LogP contribution is 2.27. The van der Waals surface area contributed by atoms with Crippen LogP contribution < -0.4 is 11.1 Å². The topological polar surface area (TPSA) is 153 Å². The molecule has 0 aliphatic carbocycles. The molecule has 176 valence electrons. The van der Waals surface area contributed by atoms with Crippen LogP contribution in [0.2, 0.25) is 0 Å². The van der Waals surface area contributed by atoms with Crippen molar-refractivity contribution in [2.24, 2.45) is 5.73 Å². The second-order valence-corrected chi connectivity index (χ2v) is 7.41. The number of carbonyl (C=O) groups is 4. The van der Waals surface area contributed by atoms with E-state index in [2.05, 4.69) is 5.32 Å². The van der Waals surface area contributed by atoms with Crippen LogP contribution in [0.1, 0.15) is 23.5 Å². The van der Waals surface area contributed by atoms with E-state index in [-0.39, 0.29) is 5.92 Å². The standard InChI is InChI=1S/C23H28N4O6/c24-20(28)13-26(15-22(30)31)27(16-23(32)33)14-21(29)25-12-11-19(17-7-3-1-4-8-17)18-9-5-2-6-10-18/h1-10,19H,11-16H2,(H2,24,28)(H,25,29)(H,30,31)(H,32,33). The van der Waals surface area contributed by atoms with E-state index in [4.69, 9.17) is 15.9 Å². The molecule has 0 radical (unpaired) electrons. The number of nitrogens with one attached hydrogen (secondary N) is 1.